The summed E-state index contributed by atoms with van der Waals surface area (Å²) in [5.41, 5.74) is 1.29. The maximum absolute atomic E-state index is 11.4. The first kappa shape index (κ1) is 10.2. The molecule has 80 valence electrons. The van der Waals surface area contributed by atoms with E-state index < -0.39 is 11.4 Å². The maximum Gasteiger partial charge on any atom is 0.315 e. The molecule has 1 aliphatic rings. The number of aryl methyl sites for hydroxylation is 1. The molecule has 1 aromatic carbocycles. The van der Waals surface area contributed by atoms with Crippen LogP contribution in [0.5, 0.6) is 0 Å². The Bertz CT molecular complexity index is 381. The van der Waals surface area contributed by atoms with Crippen LogP contribution in [0.2, 0.25) is 0 Å². The van der Waals surface area contributed by atoms with Gasteiger partial charge in [-0.05, 0) is 31.0 Å². The molecule has 0 radical (unpaired) electrons. The van der Waals surface area contributed by atoms with Gasteiger partial charge in [-0.1, -0.05) is 24.3 Å². The highest BCUT2D eigenvalue weighted by atomic mass is 16.4. The fourth-order valence-electron chi connectivity index (χ4n) is 2.33. The number of carbonyl (C=O) groups is 1. The van der Waals surface area contributed by atoms with E-state index in [0.717, 1.165) is 17.7 Å². The number of carboxylic acid groups (broad SMARTS) is 1. The first-order valence-corrected chi connectivity index (χ1v) is 5.17. The Kier molecular flexibility index (Phi) is 2.49. The lowest BCUT2D eigenvalue weighted by Crippen LogP contribution is -2.38. The van der Waals surface area contributed by atoms with Gasteiger partial charge in [0.05, 0.1) is 0 Å². The van der Waals surface area contributed by atoms with Gasteiger partial charge in [-0.2, -0.15) is 0 Å². The molecule has 3 nitrogen and oxygen atoms in total. The van der Waals surface area contributed by atoms with E-state index in [1.165, 1.54) is 0 Å². The SMILES string of the molecule is Cc1ccccc1C1(C(=O)O)CCNC1. The van der Waals surface area contributed by atoms with Gasteiger partial charge in [-0.15, -0.1) is 0 Å². The van der Waals surface area contributed by atoms with E-state index in [9.17, 15) is 9.90 Å². The van der Waals surface area contributed by atoms with E-state index in [-0.39, 0.29) is 0 Å². The topological polar surface area (TPSA) is 49.3 Å². The normalized spacial score (nSPS) is 25.4. The lowest BCUT2D eigenvalue weighted by Gasteiger charge is -2.25. The molecule has 15 heavy (non-hydrogen) atoms. The van der Waals surface area contributed by atoms with Crippen molar-refractivity contribution in [3.8, 4) is 0 Å². The average molecular weight is 205 g/mol. The van der Waals surface area contributed by atoms with Crippen LogP contribution in [0.25, 0.3) is 0 Å². The molecule has 1 saturated heterocycles. The average Bonchev–Trinajstić information content (AvgIpc) is 2.68. The molecule has 2 rings (SSSR count). The molecular weight excluding hydrogens is 190 g/mol. The van der Waals surface area contributed by atoms with Crippen LogP contribution in [-0.2, 0) is 10.2 Å². The van der Waals surface area contributed by atoms with Crippen LogP contribution in [0, 0.1) is 6.92 Å². The van der Waals surface area contributed by atoms with Gasteiger partial charge in [0.25, 0.3) is 0 Å². The lowest BCUT2D eigenvalue weighted by molar-refractivity contribution is -0.143. The number of carboxylic acids is 1. The molecule has 1 fully saturated rings. The molecule has 1 heterocycles. The second-order valence-electron chi connectivity index (χ2n) is 4.13. The summed E-state index contributed by atoms with van der Waals surface area (Å²) in [7, 11) is 0. The number of hydrogen-bond acceptors (Lipinski definition) is 2. The van der Waals surface area contributed by atoms with Crippen molar-refractivity contribution < 1.29 is 9.90 Å². The number of benzene rings is 1. The molecule has 0 aromatic heterocycles. The Labute approximate surface area is 89.1 Å². The zero-order valence-corrected chi connectivity index (χ0v) is 8.79. The summed E-state index contributed by atoms with van der Waals surface area (Å²) in [6, 6.07) is 7.75. The number of rotatable bonds is 2. The third kappa shape index (κ3) is 1.53. The standard InChI is InChI=1S/C12H15NO2/c1-9-4-2-3-5-10(9)12(11(14)15)6-7-13-8-12/h2-5,13H,6-8H2,1H3,(H,14,15). The van der Waals surface area contributed by atoms with Crippen molar-refractivity contribution in [3.63, 3.8) is 0 Å². The van der Waals surface area contributed by atoms with Crippen molar-refractivity contribution in [2.24, 2.45) is 0 Å². The summed E-state index contributed by atoms with van der Waals surface area (Å²) in [5.74, 6) is -0.721. The predicted octanol–water partition coefficient (Wildman–Crippen LogP) is 1.31. The summed E-state index contributed by atoms with van der Waals surface area (Å²) in [4.78, 5) is 11.4. The van der Waals surface area contributed by atoms with Gasteiger partial charge < -0.3 is 10.4 Å². The maximum atomic E-state index is 11.4. The fourth-order valence-corrected chi connectivity index (χ4v) is 2.33. The van der Waals surface area contributed by atoms with Crippen LogP contribution in [0.1, 0.15) is 17.5 Å². The van der Waals surface area contributed by atoms with E-state index in [1.54, 1.807) is 0 Å². The minimum absolute atomic E-state index is 0.535. The van der Waals surface area contributed by atoms with E-state index in [2.05, 4.69) is 5.32 Å². The summed E-state index contributed by atoms with van der Waals surface area (Å²) >= 11 is 0. The van der Waals surface area contributed by atoms with Gasteiger partial charge >= 0.3 is 5.97 Å². The van der Waals surface area contributed by atoms with Crippen molar-refractivity contribution in [2.75, 3.05) is 13.1 Å². The zero-order chi connectivity index (χ0) is 10.9. The molecule has 1 aromatic rings. The Morgan fingerprint density at radius 2 is 2.20 bits per heavy atom. The highest BCUT2D eigenvalue weighted by Gasteiger charge is 2.43. The molecule has 0 amide bonds. The molecule has 0 saturated carbocycles. The molecule has 3 heteroatoms. The predicted molar refractivity (Wildman–Crippen MR) is 58.0 cm³/mol. The first-order valence-electron chi connectivity index (χ1n) is 5.17. The monoisotopic (exact) mass is 205 g/mol. The van der Waals surface area contributed by atoms with Crippen molar-refractivity contribution in [2.45, 2.75) is 18.8 Å². The largest absolute Gasteiger partial charge is 0.481 e. The molecular formula is C12H15NO2. The van der Waals surface area contributed by atoms with E-state index >= 15 is 0 Å². The second-order valence-corrected chi connectivity index (χ2v) is 4.13. The molecule has 0 spiro atoms. The van der Waals surface area contributed by atoms with E-state index in [0.29, 0.717) is 13.0 Å². The van der Waals surface area contributed by atoms with Crippen LogP contribution in [0.15, 0.2) is 24.3 Å². The smallest absolute Gasteiger partial charge is 0.315 e. The van der Waals surface area contributed by atoms with Crippen molar-refractivity contribution in [1.82, 2.24) is 5.32 Å². The van der Waals surface area contributed by atoms with Gasteiger partial charge in [-0.3, -0.25) is 4.79 Å². The summed E-state index contributed by atoms with van der Waals surface area (Å²) < 4.78 is 0. The molecule has 2 N–H and O–H groups in total. The minimum atomic E-state index is -0.721. The van der Waals surface area contributed by atoms with Crippen molar-refractivity contribution >= 4 is 5.97 Å². The summed E-state index contributed by atoms with van der Waals surface area (Å²) in [6.07, 6.45) is 0.674. The number of nitrogens with one attached hydrogen (secondary N) is 1. The summed E-state index contributed by atoms with van der Waals surface area (Å²) in [5, 5.41) is 12.5. The molecule has 1 atom stereocenters. The van der Waals surface area contributed by atoms with Gasteiger partial charge in [0, 0.05) is 6.54 Å². The van der Waals surface area contributed by atoms with Crippen molar-refractivity contribution in [1.29, 1.82) is 0 Å². The van der Waals surface area contributed by atoms with Gasteiger partial charge in [0.2, 0.25) is 0 Å². The van der Waals surface area contributed by atoms with Gasteiger partial charge in [0.15, 0.2) is 0 Å². The van der Waals surface area contributed by atoms with Crippen LogP contribution in [0.3, 0.4) is 0 Å². The van der Waals surface area contributed by atoms with Crippen LogP contribution < -0.4 is 5.32 Å². The Hall–Kier alpha value is -1.35. The van der Waals surface area contributed by atoms with Crippen molar-refractivity contribution in [3.05, 3.63) is 35.4 Å². The summed E-state index contributed by atoms with van der Waals surface area (Å²) in [6.45, 7) is 3.28. The van der Waals surface area contributed by atoms with Crippen LogP contribution in [-0.4, -0.2) is 24.2 Å². The van der Waals surface area contributed by atoms with E-state index in [4.69, 9.17) is 0 Å². The molecule has 1 aliphatic heterocycles. The van der Waals surface area contributed by atoms with E-state index in [1.807, 2.05) is 31.2 Å². The minimum Gasteiger partial charge on any atom is -0.481 e. The Morgan fingerprint density at radius 1 is 1.47 bits per heavy atom. The third-order valence-corrected chi connectivity index (χ3v) is 3.23. The lowest BCUT2D eigenvalue weighted by atomic mass is 9.78. The molecule has 0 bridgehead atoms. The van der Waals surface area contributed by atoms with Crippen LogP contribution in [0.4, 0.5) is 0 Å². The Balaban J connectivity index is 2.50. The van der Waals surface area contributed by atoms with Gasteiger partial charge in [0.1, 0.15) is 5.41 Å². The van der Waals surface area contributed by atoms with Gasteiger partial charge in [-0.25, -0.2) is 0 Å². The first-order chi connectivity index (χ1) is 7.17. The fraction of sp³-hybridized carbons (Fsp3) is 0.417. The highest BCUT2D eigenvalue weighted by Crippen LogP contribution is 2.33. The number of hydrogen-bond donors (Lipinski definition) is 2. The second kappa shape index (κ2) is 3.66. The molecule has 1 unspecified atom stereocenters. The Morgan fingerprint density at radius 3 is 2.73 bits per heavy atom. The molecule has 0 aliphatic carbocycles. The quantitative estimate of drug-likeness (QED) is 0.765. The highest BCUT2D eigenvalue weighted by molar-refractivity contribution is 5.82. The number of aliphatic carboxylic acids is 1. The van der Waals surface area contributed by atoms with Crippen LogP contribution >= 0.6 is 0 Å². The zero-order valence-electron chi connectivity index (χ0n) is 8.79. The third-order valence-electron chi connectivity index (χ3n) is 3.23.